The van der Waals surface area contributed by atoms with Crippen LogP contribution >= 0.6 is 11.8 Å². The molecule has 0 saturated carbocycles. The van der Waals surface area contributed by atoms with Gasteiger partial charge in [0.15, 0.2) is 0 Å². The van der Waals surface area contributed by atoms with Crippen molar-refractivity contribution in [2.24, 2.45) is 0 Å². The normalized spacial score (nSPS) is 20.9. The van der Waals surface area contributed by atoms with E-state index in [1.54, 1.807) is 24.3 Å². The number of methoxy groups -OCH3 is 1. The fourth-order valence-electron chi connectivity index (χ4n) is 1.96. The van der Waals surface area contributed by atoms with Gasteiger partial charge in [0.1, 0.15) is 11.8 Å². The molecule has 8 heteroatoms. The van der Waals surface area contributed by atoms with Crippen LogP contribution < -0.4 is 15.4 Å². The number of carbonyl (C=O) groups is 3. The molecule has 0 bridgehead atoms. The van der Waals surface area contributed by atoms with E-state index in [1.807, 2.05) is 0 Å². The highest BCUT2D eigenvalue weighted by Gasteiger charge is 2.33. The lowest BCUT2D eigenvalue weighted by Gasteiger charge is -2.25. The van der Waals surface area contributed by atoms with Gasteiger partial charge < -0.3 is 20.5 Å². The number of hydrogen-bond acceptors (Lipinski definition) is 5. The highest BCUT2D eigenvalue weighted by atomic mass is 32.2. The largest absolute Gasteiger partial charge is 0.497 e. The summed E-state index contributed by atoms with van der Waals surface area (Å²) in [4.78, 5) is 34.6. The van der Waals surface area contributed by atoms with Crippen molar-refractivity contribution in [1.29, 1.82) is 0 Å². The van der Waals surface area contributed by atoms with Gasteiger partial charge in [-0.3, -0.25) is 9.59 Å². The van der Waals surface area contributed by atoms with Gasteiger partial charge in [-0.15, -0.1) is 11.8 Å². The first kappa shape index (κ1) is 16.2. The first-order chi connectivity index (χ1) is 10.5. The molecule has 0 unspecified atom stereocenters. The molecule has 2 amide bonds. The molecule has 118 valence electrons. The van der Waals surface area contributed by atoms with Gasteiger partial charge in [0.25, 0.3) is 0 Å². The summed E-state index contributed by atoms with van der Waals surface area (Å²) in [6.45, 7) is 0. The van der Waals surface area contributed by atoms with Crippen molar-refractivity contribution in [3.63, 3.8) is 0 Å². The first-order valence-corrected chi connectivity index (χ1v) is 7.63. The van der Waals surface area contributed by atoms with Gasteiger partial charge in [-0.1, -0.05) is 6.07 Å². The van der Waals surface area contributed by atoms with E-state index in [-0.39, 0.29) is 18.1 Å². The zero-order chi connectivity index (χ0) is 16.1. The monoisotopic (exact) mass is 324 g/mol. The van der Waals surface area contributed by atoms with Gasteiger partial charge in [0.2, 0.25) is 11.8 Å². The van der Waals surface area contributed by atoms with E-state index in [9.17, 15) is 14.4 Å². The highest BCUT2D eigenvalue weighted by molar-refractivity contribution is 8.00. The third-order valence-corrected chi connectivity index (χ3v) is 4.40. The van der Waals surface area contributed by atoms with Crippen molar-refractivity contribution in [2.45, 2.75) is 17.7 Å². The summed E-state index contributed by atoms with van der Waals surface area (Å²) in [7, 11) is 1.53. The van der Waals surface area contributed by atoms with Crippen molar-refractivity contribution >= 4 is 35.2 Å². The quantitative estimate of drug-likeness (QED) is 0.737. The number of rotatable bonds is 5. The molecule has 0 aliphatic carbocycles. The summed E-state index contributed by atoms with van der Waals surface area (Å²) in [6.07, 6.45) is -0.0138. The van der Waals surface area contributed by atoms with Crippen LogP contribution in [-0.2, 0) is 14.4 Å². The maximum Gasteiger partial charge on any atom is 0.327 e. The van der Waals surface area contributed by atoms with Crippen LogP contribution in [0.2, 0.25) is 0 Å². The van der Waals surface area contributed by atoms with Crippen LogP contribution in [-0.4, -0.2) is 47.0 Å². The molecule has 2 atom stereocenters. The maximum atomic E-state index is 12.0. The molecule has 1 aliphatic heterocycles. The van der Waals surface area contributed by atoms with Crippen molar-refractivity contribution in [3.8, 4) is 5.75 Å². The Bertz CT molecular complexity index is 592. The number of carboxylic acids is 1. The maximum absolute atomic E-state index is 12.0. The average Bonchev–Trinajstić information content (AvgIpc) is 2.49. The van der Waals surface area contributed by atoms with Gasteiger partial charge in [-0.05, 0) is 12.1 Å². The summed E-state index contributed by atoms with van der Waals surface area (Å²) in [5.74, 6) is -0.941. The molecule has 7 nitrogen and oxygen atoms in total. The molecular weight excluding hydrogens is 308 g/mol. The van der Waals surface area contributed by atoms with Crippen molar-refractivity contribution in [1.82, 2.24) is 5.32 Å². The van der Waals surface area contributed by atoms with Crippen LogP contribution in [0.1, 0.15) is 6.42 Å². The number of nitrogens with one attached hydrogen (secondary N) is 2. The minimum Gasteiger partial charge on any atom is -0.497 e. The molecule has 1 aliphatic rings. The Hall–Kier alpha value is -2.22. The number of carbonyl (C=O) groups excluding carboxylic acids is 2. The Labute approximate surface area is 131 Å². The fraction of sp³-hybridized carbons (Fsp3) is 0.357. The van der Waals surface area contributed by atoms with Crippen LogP contribution in [0.25, 0.3) is 0 Å². The predicted molar refractivity (Wildman–Crippen MR) is 82.1 cm³/mol. The van der Waals surface area contributed by atoms with Crippen LogP contribution in [0, 0.1) is 0 Å². The van der Waals surface area contributed by atoms with Crippen LogP contribution in [0.5, 0.6) is 5.75 Å². The molecule has 0 radical (unpaired) electrons. The number of thioether (sulfide) groups is 1. The second-order valence-corrected chi connectivity index (χ2v) is 5.94. The highest BCUT2D eigenvalue weighted by Crippen LogP contribution is 2.22. The van der Waals surface area contributed by atoms with Crippen LogP contribution in [0.15, 0.2) is 24.3 Å². The van der Waals surface area contributed by atoms with Gasteiger partial charge in [0, 0.05) is 23.9 Å². The Balaban J connectivity index is 1.89. The van der Waals surface area contributed by atoms with Gasteiger partial charge in [0.05, 0.1) is 12.4 Å². The molecule has 22 heavy (non-hydrogen) atoms. The van der Waals surface area contributed by atoms with E-state index in [0.29, 0.717) is 11.4 Å². The third kappa shape index (κ3) is 4.14. The number of anilines is 1. The third-order valence-electron chi connectivity index (χ3n) is 3.10. The molecule has 1 heterocycles. The number of hydrogen-bond donors (Lipinski definition) is 3. The van der Waals surface area contributed by atoms with E-state index in [2.05, 4.69) is 10.6 Å². The van der Waals surface area contributed by atoms with E-state index in [1.165, 1.54) is 18.9 Å². The second-order valence-electron chi connectivity index (χ2n) is 4.71. The number of aliphatic carboxylic acids is 1. The molecule has 3 N–H and O–H groups in total. The van der Waals surface area contributed by atoms with Crippen molar-refractivity contribution in [2.75, 3.05) is 18.2 Å². The minimum atomic E-state index is -1.07. The lowest BCUT2D eigenvalue weighted by Crippen LogP contribution is -2.51. The Morgan fingerprint density at radius 1 is 1.50 bits per heavy atom. The average molecular weight is 324 g/mol. The molecule has 0 aromatic heterocycles. The zero-order valence-corrected chi connectivity index (χ0v) is 12.7. The SMILES string of the molecule is COc1cccc(NC(=O)C[C@H]2SC[C@H](C(=O)O)NC2=O)c1. The topological polar surface area (TPSA) is 105 Å². The van der Waals surface area contributed by atoms with E-state index >= 15 is 0 Å². The summed E-state index contributed by atoms with van der Waals surface area (Å²) < 4.78 is 5.06. The molecule has 0 spiro atoms. The van der Waals surface area contributed by atoms with Gasteiger partial charge >= 0.3 is 5.97 Å². The summed E-state index contributed by atoms with van der Waals surface area (Å²) in [5.41, 5.74) is 0.578. The summed E-state index contributed by atoms with van der Waals surface area (Å²) in [6, 6.07) is 6.00. The first-order valence-electron chi connectivity index (χ1n) is 6.58. The molecule has 1 aromatic rings. The molecular formula is C14H16N2O5S. The summed E-state index contributed by atoms with van der Waals surface area (Å²) in [5, 5.41) is 13.4. The van der Waals surface area contributed by atoms with E-state index in [4.69, 9.17) is 9.84 Å². The number of amides is 2. The Kier molecular flexibility index (Phi) is 5.26. The Morgan fingerprint density at radius 3 is 2.91 bits per heavy atom. The molecule has 2 rings (SSSR count). The van der Waals surface area contributed by atoms with Crippen molar-refractivity contribution in [3.05, 3.63) is 24.3 Å². The second kappa shape index (κ2) is 7.17. The molecule has 1 saturated heterocycles. The lowest BCUT2D eigenvalue weighted by molar-refractivity contribution is -0.141. The number of carboxylic acid groups (broad SMARTS) is 1. The van der Waals surface area contributed by atoms with Crippen molar-refractivity contribution < 1.29 is 24.2 Å². The van der Waals surface area contributed by atoms with Crippen LogP contribution in [0.4, 0.5) is 5.69 Å². The molecule has 1 aromatic carbocycles. The standard InChI is InChI=1S/C14H16N2O5S/c1-21-9-4-2-3-8(5-9)15-12(17)6-11-13(18)16-10(7-22-11)14(19)20/h2-5,10-11H,6-7H2,1H3,(H,15,17)(H,16,18)(H,19,20)/t10-,11-/m1/s1. The number of benzene rings is 1. The van der Waals surface area contributed by atoms with E-state index in [0.717, 1.165) is 0 Å². The van der Waals surface area contributed by atoms with E-state index < -0.39 is 23.2 Å². The van der Waals surface area contributed by atoms with Crippen LogP contribution in [0.3, 0.4) is 0 Å². The molecule has 1 fully saturated rings. The lowest BCUT2D eigenvalue weighted by atomic mass is 10.2. The zero-order valence-electron chi connectivity index (χ0n) is 11.9. The minimum absolute atomic E-state index is 0.0138. The van der Waals surface area contributed by atoms with Gasteiger partial charge in [-0.25, -0.2) is 4.79 Å². The number of ether oxygens (including phenoxy) is 1. The van der Waals surface area contributed by atoms with Gasteiger partial charge in [-0.2, -0.15) is 0 Å². The Morgan fingerprint density at radius 2 is 2.27 bits per heavy atom. The smallest absolute Gasteiger partial charge is 0.327 e. The predicted octanol–water partition coefficient (Wildman–Crippen LogP) is 0.709. The fourth-order valence-corrected chi connectivity index (χ4v) is 3.10. The summed E-state index contributed by atoms with van der Waals surface area (Å²) >= 11 is 1.18.